The van der Waals surface area contributed by atoms with Gasteiger partial charge in [0, 0.05) is 17.2 Å². The van der Waals surface area contributed by atoms with Gasteiger partial charge in [-0.3, -0.25) is 9.59 Å². The molecule has 0 amide bonds. The lowest BCUT2D eigenvalue weighted by molar-refractivity contribution is -0.112. The standard InChI is InChI=1S/C23H20BrNO3/c1-3-21-20(23(27)19-13-18(24)9-10-22(19)28-21)15-25(12-11-16(2)26)14-17-7-5-4-6-8-17/h3-13H,1,14-15H2,2H3/b12-11+. The Bertz CT molecular complexity index is 1100. The average molecular weight is 438 g/mol. The molecule has 0 spiro atoms. The number of carbonyl (C=O) groups excluding carboxylic acids is 1. The van der Waals surface area contributed by atoms with E-state index in [0.29, 0.717) is 35.4 Å². The van der Waals surface area contributed by atoms with Gasteiger partial charge in [0.05, 0.1) is 17.5 Å². The monoisotopic (exact) mass is 437 g/mol. The normalized spacial score (nSPS) is 11.1. The van der Waals surface area contributed by atoms with Crippen molar-refractivity contribution in [2.75, 3.05) is 0 Å². The lowest BCUT2D eigenvalue weighted by Gasteiger charge is -2.21. The van der Waals surface area contributed by atoms with Crippen LogP contribution in [-0.2, 0) is 17.9 Å². The van der Waals surface area contributed by atoms with Crippen molar-refractivity contribution in [3.63, 3.8) is 0 Å². The molecule has 2 aromatic carbocycles. The lowest BCUT2D eigenvalue weighted by Crippen LogP contribution is -2.23. The van der Waals surface area contributed by atoms with Crippen LogP contribution in [0.2, 0.25) is 0 Å². The van der Waals surface area contributed by atoms with Crippen LogP contribution in [0.4, 0.5) is 0 Å². The van der Waals surface area contributed by atoms with E-state index in [1.54, 1.807) is 24.4 Å². The maximum absolute atomic E-state index is 13.1. The van der Waals surface area contributed by atoms with E-state index < -0.39 is 0 Å². The number of fused-ring (bicyclic) bond motifs is 1. The molecule has 0 N–H and O–H groups in total. The Morgan fingerprint density at radius 2 is 1.93 bits per heavy atom. The zero-order valence-electron chi connectivity index (χ0n) is 15.5. The molecule has 0 atom stereocenters. The zero-order valence-corrected chi connectivity index (χ0v) is 17.1. The molecule has 0 unspecified atom stereocenters. The van der Waals surface area contributed by atoms with Crippen molar-refractivity contribution in [2.24, 2.45) is 0 Å². The summed E-state index contributed by atoms with van der Waals surface area (Å²) in [6.07, 6.45) is 4.76. The third-order valence-corrected chi connectivity index (χ3v) is 4.77. The molecule has 28 heavy (non-hydrogen) atoms. The topological polar surface area (TPSA) is 50.5 Å². The molecular weight excluding hydrogens is 418 g/mol. The first-order valence-corrected chi connectivity index (χ1v) is 9.61. The maximum Gasteiger partial charge on any atom is 0.198 e. The average Bonchev–Trinajstić information content (AvgIpc) is 2.69. The van der Waals surface area contributed by atoms with E-state index in [4.69, 9.17) is 4.42 Å². The summed E-state index contributed by atoms with van der Waals surface area (Å²) in [7, 11) is 0. The van der Waals surface area contributed by atoms with Crippen molar-refractivity contribution in [3.8, 4) is 0 Å². The summed E-state index contributed by atoms with van der Waals surface area (Å²) in [4.78, 5) is 26.5. The van der Waals surface area contributed by atoms with Gasteiger partial charge in [-0.05, 0) is 42.8 Å². The van der Waals surface area contributed by atoms with E-state index in [1.165, 1.54) is 13.0 Å². The van der Waals surface area contributed by atoms with Gasteiger partial charge >= 0.3 is 0 Å². The molecule has 0 aliphatic rings. The Kier molecular flexibility index (Phi) is 6.26. The van der Waals surface area contributed by atoms with Gasteiger partial charge in [-0.15, -0.1) is 0 Å². The summed E-state index contributed by atoms with van der Waals surface area (Å²) in [6, 6.07) is 15.2. The second-order valence-electron chi connectivity index (χ2n) is 6.44. The minimum absolute atomic E-state index is 0.0588. The first-order valence-electron chi connectivity index (χ1n) is 8.82. The van der Waals surface area contributed by atoms with Crippen LogP contribution in [0.1, 0.15) is 23.8 Å². The Hall–Kier alpha value is -2.92. The van der Waals surface area contributed by atoms with E-state index in [0.717, 1.165) is 10.0 Å². The van der Waals surface area contributed by atoms with E-state index in [9.17, 15) is 9.59 Å². The Balaban J connectivity index is 2.04. The molecular formula is C23H20BrNO3. The fraction of sp³-hybridized carbons (Fsp3) is 0.130. The second-order valence-corrected chi connectivity index (χ2v) is 7.35. The highest BCUT2D eigenvalue weighted by molar-refractivity contribution is 9.10. The van der Waals surface area contributed by atoms with Gasteiger partial charge in [0.2, 0.25) is 0 Å². The summed E-state index contributed by atoms with van der Waals surface area (Å²) in [5, 5.41) is 0.505. The molecule has 1 heterocycles. The lowest BCUT2D eigenvalue weighted by atomic mass is 10.1. The highest BCUT2D eigenvalue weighted by Crippen LogP contribution is 2.22. The molecule has 0 bridgehead atoms. The van der Waals surface area contributed by atoms with Crippen molar-refractivity contribution < 1.29 is 9.21 Å². The molecule has 142 valence electrons. The first kappa shape index (κ1) is 19.8. The molecule has 0 aliphatic heterocycles. The Labute approximate surface area is 171 Å². The third kappa shape index (κ3) is 4.67. The zero-order chi connectivity index (χ0) is 20.1. The molecule has 0 fully saturated rings. The number of carbonyl (C=O) groups is 1. The van der Waals surface area contributed by atoms with Crippen molar-refractivity contribution in [1.82, 2.24) is 4.90 Å². The van der Waals surface area contributed by atoms with E-state index in [1.807, 2.05) is 41.3 Å². The fourth-order valence-corrected chi connectivity index (χ4v) is 3.29. The van der Waals surface area contributed by atoms with Gasteiger partial charge in [-0.2, -0.15) is 0 Å². The highest BCUT2D eigenvalue weighted by Gasteiger charge is 2.15. The van der Waals surface area contributed by atoms with Gasteiger partial charge in [0.15, 0.2) is 11.2 Å². The number of ketones is 1. The highest BCUT2D eigenvalue weighted by atomic mass is 79.9. The van der Waals surface area contributed by atoms with Crippen LogP contribution in [0.3, 0.4) is 0 Å². The van der Waals surface area contributed by atoms with Crippen molar-refractivity contribution in [2.45, 2.75) is 20.0 Å². The predicted octanol–water partition coefficient (Wildman–Crippen LogP) is 5.30. The number of allylic oxidation sites excluding steroid dienone is 1. The third-order valence-electron chi connectivity index (χ3n) is 4.27. The van der Waals surface area contributed by atoms with Gasteiger partial charge < -0.3 is 9.32 Å². The Morgan fingerprint density at radius 3 is 2.61 bits per heavy atom. The van der Waals surface area contributed by atoms with Gasteiger partial charge in [-0.25, -0.2) is 0 Å². The predicted molar refractivity (Wildman–Crippen MR) is 116 cm³/mol. The van der Waals surface area contributed by atoms with Crippen molar-refractivity contribution >= 4 is 38.8 Å². The van der Waals surface area contributed by atoms with Crippen LogP contribution in [0.15, 0.2) is 81.1 Å². The van der Waals surface area contributed by atoms with Crippen LogP contribution in [0.25, 0.3) is 17.0 Å². The van der Waals surface area contributed by atoms with Crippen molar-refractivity contribution in [3.05, 3.63) is 99.0 Å². The molecule has 3 rings (SSSR count). The van der Waals surface area contributed by atoms with Crippen LogP contribution in [0.5, 0.6) is 0 Å². The molecule has 0 aliphatic carbocycles. The molecule has 5 heteroatoms. The van der Waals surface area contributed by atoms with Crippen LogP contribution >= 0.6 is 15.9 Å². The maximum atomic E-state index is 13.1. The fourth-order valence-electron chi connectivity index (χ4n) is 2.93. The molecule has 4 nitrogen and oxygen atoms in total. The minimum Gasteiger partial charge on any atom is -0.456 e. The number of nitrogens with zero attached hydrogens (tertiary/aromatic N) is 1. The summed E-state index contributed by atoms with van der Waals surface area (Å²) < 4.78 is 6.71. The number of hydrogen-bond donors (Lipinski definition) is 0. The number of benzene rings is 2. The molecule has 0 saturated heterocycles. The van der Waals surface area contributed by atoms with Gasteiger partial charge in [0.1, 0.15) is 11.3 Å². The number of halogens is 1. The summed E-state index contributed by atoms with van der Waals surface area (Å²) in [5.41, 5.74) is 1.99. The SMILES string of the molecule is C=Cc1oc2ccc(Br)cc2c(=O)c1CN(/C=C/C(C)=O)Cc1ccccc1. The minimum atomic E-state index is -0.105. The smallest absolute Gasteiger partial charge is 0.198 e. The van der Waals surface area contributed by atoms with Crippen molar-refractivity contribution in [1.29, 1.82) is 0 Å². The van der Waals surface area contributed by atoms with Crippen LogP contribution < -0.4 is 5.43 Å². The van der Waals surface area contributed by atoms with E-state index in [-0.39, 0.29) is 11.2 Å². The number of rotatable bonds is 7. The first-order chi connectivity index (χ1) is 13.5. The van der Waals surface area contributed by atoms with E-state index in [2.05, 4.69) is 22.5 Å². The van der Waals surface area contributed by atoms with Gasteiger partial charge in [0.25, 0.3) is 0 Å². The molecule has 1 aromatic heterocycles. The van der Waals surface area contributed by atoms with Crippen LogP contribution in [-0.4, -0.2) is 10.7 Å². The molecule has 0 saturated carbocycles. The number of hydrogen-bond acceptors (Lipinski definition) is 4. The molecule has 3 aromatic rings. The van der Waals surface area contributed by atoms with Gasteiger partial charge in [-0.1, -0.05) is 52.8 Å². The summed E-state index contributed by atoms with van der Waals surface area (Å²) in [6.45, 7) is 6.13. The summed E-state index contributed by atoms with van der Waals surface area (Å²) >= 11 is 3.40. The second kappa shape index (κ2) is 8.85. The quantitative estimate of drug-likeness (QED) is 0.470. The molecule has 0 radical (unpaired) electrons. The summed E-state index contributed by atoms with van der Waals surface area (Å²) in [5.74, 6) is 0.380. The van der Waals surface area contributed by atoms with E-state index >= 15 is 0 Å². The largest absolute Gasteiger partial charge is 0.456 e. The Morgan fingerprint density at radius 1 is 1.18 bits per heavy atom. The van der Waals surface area contributed by atoms with Crippen LogP contribution in [0, 0.1) is 0 Å².